The van der Waals surface area contributed by atoms with Gasteiger partial charge < -0.3 is 0 Å². The van der Waals surface area contributed by atoms with Crippen LogP contribution in [-0.4, -0.2) is 20.3 Å². The zero-order valence-electron chi connectivity index (χ0n) is 20.3. The van der Waals surface area contributed by atoms with Gasteiger partial charge in [-0.3, -0.25) is 0 Å². The van der Waals surface area contributed by atoms with E-state index in [9.17, 15) is 4.21 Å². The van der Waals surface area contributed by atoms with Crippen LogP contribution in [0.2, 0.25) is 0 Å². The van der Waals surface area contributed by atoms with Gasteiger partial charge in [0.1, 0.15) is 11.0 Å². The predicted octanol–water partition coefficient (Wildman–Crippen LogP) is 5.93. The molecule has 0 aromatic heterocycles. The Kier molecular flexibility index (Phi) is 7.78. The van der Waals surface area contributed by atoms with Crippen LogP contribution in [0.25, 0.3) is 0 Å². The molecular weight excluding hydrogens is 453 g/mol. The quantitative estimate of drug-likeness (QED) is 0.297. The van der Waals surface area contributed by atoms with Crippen molar-refractivity contribution in [3.8, 4) is 0 Å². The van der Waals surface area contributed by atoms with Crippen LogP contribution < -0.4 is 15.9 Å². The first-order valence-electron chi connectivity index (χ1n) is 11.6. The number of hydrogen-bond acceptors (Lipinski definition) is 1. The van der Waals surface area contributed by atoms with Gasteiger partial charge >= 0.3 is 0 Å². The third-order valence-electron chi connectivity index (χ3n) is 5.77. The van der Waals surface area contributed by atoms with E-state index in [2.05, 4.69) is 109 Å². The van der Waals surface area contributed by atoms with Gasteiger partial charge in [0, 0.05) is 7.05 Å². The van der Waals surface area contributed by atoms with Crippen molar-refractivity contribution >= 4 is 34.8 Å². The lowest BCUT2D eigenvalue weighted by molar-refractivity contribution is 0.441. The Morgan fingerprint density at radius 1 is 0.676 bits per heavy atom. The summed E-state index contributed by atoms with van der Waals surface area (Å²) in [6.07, 6.45) is 0. The summed E-state index contributed by atoms with van der Waals surface area (Å²) in [6, 6.07) is 40.5. The van der Waals surface area contributed by atoms with Gasteiger partial charge in [0.15, 0.2) is 0 Å². The van der Waals surface area contributed by atoms with E-state index in [1.54, 1.807) is 0 Å². The average Bonchev–Trinajstić information content (AvgIpc) is 2.86. The van der Waals surface area contributed by atoms with Gasteiger partial charge in [0.05, 0.1) is 10.8 Å². The molecule has 0 aliphatic carbocycles. The van der Waals surface area contributed by atoms with E-state index in [4.69, 9.17) is 0 Å². The van der Waals surface area contributed by atoms with E-state index in [0.29, 0.717) is 0 Å². The molecule has 0 aliphatic heterocycles. The Morgan fingerprint density at radius 2 is 1.12 bits per heavy atom. The molecule has 0 amide bonds. The molecule has 0 heterocycles. The standard InChI is InChI=1S/C30H32NOPS/c1-30(2,3)34(32)31(4)29(24-16-8-5-9-17-24)27-22-14-15-23-28(27)33(25-18-10-6-11-19-25)26-20-12-7-13-21-26/h5-23,29H,1-4H3/t29-,34+/m0/s1. The smallest absolute Gasteiger partial charge is 0.100 e. The van der Waals surface area contributed by atoms with Gasteiger partial charge in [-0.25, -0.2) is 8.51 Å². The van der Waals surface area contributed by atoms with E-state index in [-0.39, 0.29) is 10.8 Å². The molecule has 174 valence electrons. The first-order valence-corrected chi connectivity index (χ1v) is 14.0. The largest absolute Gasteiger partial charge is 0.242 e. The first-order chi connectivity index (χ1) is 16.4. The normalized spacial score (nSPS) is 13.7. The van der Waals surface area contributed by atoms with Crippen LogP contribution in [0.5, 0.6) is 0 Å². The van der Waals surface area contributed by atoms with Gasteiger partial charge in [-0.15, -0.1) is 0 Å². The lowest BCUT2D eigenvalue weighted by atomic mass is 9.99. The minimum Gasteiger partial charge on any atom is -0.242 e. The maximum absolute atomic E-state index is 13.6. The minimum atomic E-state index is -1.18. The molecule has 0 N–H and O–H groups in total. The molecule has 4 heteroatoms. The highest BCUT2D eigenvalue weighted by atomic mass is 32.2. The van der Waals surface area contributed by atoms with Crippen LogP contribution in [0, 0.1) is 0 Å². The van der Waals surface area contributed by atoms with Crippen molar-refractivity contribution in [3.63, 3.8) is 0 Å². The topological polar surface area (TPSA) is 20.3 Å². The fourth-order valence-electron chi connectivity index (χ4n) is 4.25. The van der Waals surface area contributed by atoms with Gasteiger partial charge in [0.25, 0.3) is 0 Å². The molecule has 4 aromatic rings. The summed E-state index contributed by atoms with van der Waals surface area (Å²) in [6.45, 7) is 6.11. The van der Waals surface area contributed by atoms with Crippen LogP contribution in [0.3, 0.4) is 0 Å². The number of benzene rings is 4. The van der Waals surface area contributed by atoms with Crippen LogP contribution in [-0.2, 0) is 11.0 Å². The Bertz CT molecular complexity index is 1180. The monoisotopic (exact) mass is 485 g/mol. The lowest BCUT2D eigenvalue weighted by Gasteiger charge is -2.35. The Balaban J connectivity index is 1.94. The molecule has 4 aromatic carbocycles. The molecule has 4 rings (SSSR count). The third kappa shape index (κ3) is 5.39. The van der Waals surface area contributed by atoms with Crippen molar-refractivity contribution in [3.05, 3.63) is 126 Å². The van der Waals surface area contributed by atoms with Crippen LogP contribution in [0.4, 0.5) is 0 Å². The van der Waals surface area contributed by atoms with E-state index in [1.807, 2.05) is 38.2 Å². The fraction of sp³-hybridized carbons (Fsp3) is 0.200. The molecule has 0 radical (unpaired) electrons. The highest BCUT2D eigenvalue weighted by molar-refractivity contribution is 7.84. The minimum absolute atomic E-state index is 0.130. The van der Waals surface area contributed by atoms with Gasteiger partial charge in [-0.1, -0.05) is 115 Å². The molecule has 2 nitrogen and oxygen atoms in total. The molecular formula is C30H32NOPS. The van der Waals surface area contributed by atoms with E-state index < -0.39 is 18.9 Å². The Hall–Kier alpha value is -2.58. The van der Waals surface area contributed by atoms with Crippen LogP contribution in [0.15, 0.2) is 115 Å². The van der Waals surface area contributed by atoms with Gasteiger partial charge in [0.2, 0.25) is 0 Å². The summed E-state index contributed by atoms with van der Waals surface area (Å²) >= 11 is 0. The second kappa shape index (κ2) is 10.8. The highest BCUT2D eigenvalue weighted by Crippen LogP contribution is 2.39. The van der Waals surface area contributed by atoms with Gasteiger partial charge in [-0.2, -0.15) is 0 Å². The highest BCUT2D eigenvalue weighted by Gasteiger charge is 2.33. The molecule has 0 saturated carbocycles. The molecule has 0 saturated heterocycles. The van der Waals surface area contributed by atoms with Crippen molar-refractivity contribution in [1.82, 2.24) is 4.31 Å². The summed E-state index contributed by atoms with van der Waals surface area (Å²) in [5.74, 6) is 0. The molecule has 0 aliphatic rings. The second-order valence-electron chi connectivity index (χ2n) is 9.29. The summed E-state index contributed by atoms with van der Waals surface area (Å²) in [5, 5.41) is 3.91. The van der Waals surface area contributed by atoms with Crippen molar-refractivity contribution in [2.24, 2.45) is 0 Å². The summed E-state index contributed by atoms with van der Waals surface area (Å²) < 4.78 is 15.3. The van der Waals surface area contributed by atoms with E-state index >= 15 is 0 Å². The lowest BCUT2D eigenvalue weighted by Crippen LogP contribution is -2.39. The summed E-state index contributed by atoms with van der Waals surface area (Å²) in [7, 11) is 0.0188. The van der Waals surface area contributed by atoms with Crippen molar-refractivity contribution in [2.75, 3.05) is 7.05 Å². The molecule has 2 atom stereocenters. The molecule has 34 heavy (non-hydrogen) atoms. The van der Waals surface area contributed by atoms with Gasteiger partial charge in [-0.05, 0) is 55.7 Å². The summed E-state index contributed by atoms with van der Waals surface area (Å²) in [5.41, 5.74) is 2.35. The molecule has 0 unspecified atom stereocenters. The SMILES string of the molecule is CN([C@@H](c1ccccc1)c1ccccc1P(c1ccccc1)c1ccccc1)[S@](=O)C(C)(C)C. The average molecular weight is 486 g/mol. The summed E-state index contributed by atoms with van der Waals surface area (Å²) in [4.78, 5) is 0. The number of hydrogen-bond donors (Lipinski definition) is 0. The number of nitrogens with zero attached hydrogens (tertiary/aromatic N) is 1. The maximum atomic E-state index is 13.6. The Labute approximate surface area is 208 Å². The predicted molar refractivity (Wildman–Crippen MR) is 149 cm³/mol. The fourth-order valence-corrected chi connectivity index (χ4v) is 8.03. The van der Waals surface area contributed by atoms with Crippen LogP contribution in [0.1, 0.15) is 37.9 Å². The molecule has 0 fully saturated rings. The van der Waals surface area contributed by atoms with Crippen molar-refractivity contribution < 1.29 is 4.21 Å². The zero-order valence-corrected chi connectivity index (χ0v) is 22.0. The van der Waals surface area contributed by atoms with Crippen LogP contribution >= 0.6 is 7.92 Å². The van der Waals surface area contributed by atoms with Crippen molar-refractivity contribution in [1.29, 1.82) is 0 Å². The Morgan fingerprint density at radius 3 is 1.62 bits per heavy atom. The molecule has 0 spiro atoms. The maximum Gasteiger partial charge on any atom is 0.100 e. The first kappa shape index (κ1) is 24.5. The zero-order chi connectivity index (χ0) is 24.1. The number of rotatable bonds is 7. The van der Waals surface area contributed by atoms with E-state index in [0.717, 1.165) is 5.56 Å². The molecule has 0 bridgehead atoms. The second-order valence-corrected chi connectivity index (χ2v) is 13.8. The van der Waals surface area contributed by atoms with Crippen molar-refractivity contribution in [2.45, 2.75) is 31.6 Å². The third-order valence-corrected chi connectivity index (χ3v) is 10.1. The van der Waals surface area contributed by atoms with E-state index in [1.165, 1.54) is 21.5 Å².